The van der Waals surface area contributed by atoms with Crippen molar-refractivity contribution in [2.75, 3.05) is 6.54 Å². The molecule has 24 heavy (non-hydrogen) atoms. The maximum atomic E-state index is 12.9. The number of amides is 1. The molecular formula is C18H16FN3O2. The number of carbonyl (C=O) groups excluding carboxylic acids is 1. The molecule has 0 aliphatic heterocycles. The molecule has 1 heterocycles. The van der Waals surface area contributed by atoms with Crippen molar-refractivity contribution >= 4 is 5.91 Å². The highest BCUT2D eigenvalue weighted by Gasteiger charge is 2.10. The lowest BCUT2D eigenvalue weighted by molar-refractivity contribution is 0.0953. The summed E-state index contributed by atoms with van der Waals surface area (Å²) in [6.07, 6.45) is 0.422. The first-order chi connectivity index (χ1) is 11.6. The molecule has 1 aromatic heterocycles. The van der Waals surface area contributed by atoms with Crippen LogP contribution in [0.1, 0.15) is 21.8 Å². The number of benzene rings is 2. The van der Waals surface area contributed by atoms with Crippen LogP contribution in [0.15, 0.2) is 52.9 Å². The molecule has 3 rings (SSSR count). The molecule has 1 N–H and O–H groups in total. The van der Waals surface area contributed by atoms with Crippen LogP contribution in [0.3, 0.4) is 0 Å². The van der Waals surface area contributed by atoms with Crippen molar-refractivity contribution in [1.29, 1.82) is 0 Å². The second kappa shape index (κ2) is 7.04. The van der Waals surface area contributed by atoms with Gasteiger partial charge >= 0.3 is 0 Å². The lowest BCUT2D eigenvalue weighted by Crippen LogP contribution is -2.25. The van der Waals surface area contributed by atoms with Gasteiger partial charge in [-0.05, 0) is 43.3 Å². The molecule has 0 saturated heterocycles. The van der Waals surface area contributed by atoms with Crippen LogP contribution in [-0.4, -0.2) is 22.6 Å². The van der Waals surface area contributed by atoms with E-state index in [9.17, 15) is 9.18 Å². The highest BCUT2D eigenvalue weighted by molar-refractivity contribution is 5.94. The highest BCUT2D eigenvalue weighted by Crippen LogP contribution is 2.18. The van der Waals surface area contributed by atoms with Crippen LogP contribution in [0.4, 0.5) is 4.39 Å². The zero-order valence-corrected chi connectivity index (χ0v) is 13.1. The first-order valence-corrected chi connectivity index (χ1v) is 7.55. The van der Waals surface area contributed by atoms with E-state index in [4.69, 9.17) is 4.42 Å². The van der Waals surface area contributed by atoms with Crippen molar-refractivity contribution in [1.82, 2.24) is 15.5 Å². The zero-order valence-electron chi connectivity index (χ0n) is 13.1. The van der Waals surface area contributed by atoms with E-state index in [1.54, 1.807) is 18.2 Å². The van der Waals surface area contributed by atoms with E-state index >= 15 is 0 Å². The molecular weight excluding hydrogens is 309 g/mol. The Morgan fingerprint density at radius 1 is 1.17 bits per heavy atom. The van der Waals surface area contributed by atoms with Gasteiger partial charge in [0, 0.05) is 24.1 Å². The Hall–Kier alpha value is -3.02. The minimum atomic E-state index is -0.322. The fourth-order valence-corrected chi connectivity index (χ4v) is 2.24. The van der Waals surface area contributed by atoms with E-state index in [0.717, 1.165) is 5.56 Å². The molecule has 3 aromatic rings. The minimum Gasteiger partial charge on any atom is -0.421 e. The van der Waals surface area contributed by atoms with Crippen LogP contribution >= 0.6 is 0 Å². The summed E-state index contributed by atoms with van der Waals surface area (Å²) in [6, 6.07) is 13.2. The Bertz CT molecular complexity index is 843. The standard InChI is InChI=1S/C18H16FN3O2/c1-12-3-2-4-14(11-12)17(23)20-10-9-16-21-22-18(24-16)13-5-7-15(19)8-6-13/h2-8,11H,9-10H2,1H3,(H,20,23). The topological polar surface area (TPSA) is 68.0 Å². The van der Waals surface area contributed by atoms with E-state index in [0.29, 0.717) is 35.9 Å². The minimum absolute atomic E-state index is 0.142. The van der Waals surface area contributed by atoms with Gasteiger partial charge in [0.1, 0.15) is 5.82 Å². The third kappa shape index (κ3) is 3.84. The predicted molar refractivity (Wildman–Crippen MR) is 86.9 cm³/mol. The van der Waals surface area contributed by atoms with Crippen LogP contribution in [-0.2, 0) is 6.42 Å². The van der Waals surface area contributed by atoms with Crippen molar-refractivity contribution in [3.63, 3.8) is 0 Å². The monoisotopic (exact) mass is 325 g/mol. The maximum absolute atomic E-state index is 12.9. The van der Waals surface area contributed by atoms with E-state index in [1.807, 2.05) is 25.1 Å². The quantitative estimate of drug-likeness (QED) is 0.782. The van der Waals surface area contributed by atoms with E-state index < -0.39 is 0 Å². The smallest absolute Gasteiger partial charge is 0.251 e. The number of rotatable bonds is 5. The van der Waals surface area contributed by atoms with Crippen molar-refractivity contribution in [2.45, 2.75) is 13.3 Å². The Kier molecular flexibility index (Phi) is 4.65. The van der Waals surface area contributed by atoms with Gasteiger partial charge in [0.05, 0.1) is 0 Å². The summed E-state index contributed by atoms with van der Waals surface area (Å²) in [5.74, 6) is 0.281. The average molecular weight is 325 g/mol. The van der Waals surface area contributed by atoms with Gasteiger partial charge in [0.25, 0.3) is 5.91 Å². The Balaban J connectivity index is 1.56. The molecule has 0 bridgehead atoms. The first-order valence-electron chi connectivity index (χ1n) is 7.55. The molecule has 1 amide bonds. The van der Waals surface area contributed by atoms with E-state index in [-0.39, 0.29) is 11.7 Å². The van der Waals surface area contributed by atoms with Gasteiger partial charge in [-0.25, -0.2) is 4.39 Å². The summed E-state index contributed by atoms with van der Waals surface area (Å²) in [5, 5.41) is 10.7. The highest BCUT2D eigenvalue weighted by atomic mass is 19.1. The second-order valence-corrected chi connectivity index (χ2v) is 5.38. The number of hydrogen-bond donors (Lipinski definition) is 1. The predicted octanol–water partition coefficient (Wildman–Crippen LogP) is 3.16. The summed E-state index contributed by atoms with van der Waals surface area (Å²) in [5.41, 5.74) is 2.30. The molecule has 5 nitrogen and oxygen atoms in total. The van der Waals surface area contributed by atoms with Crippen LogP contribution in [0, 0.1) is 12.7 Å². The lowest BCUT2D eigenvalue weighted by atomic mass is 10.1. The largest absolute Gasteiger partial charge is 0.421 e. The van der Waals surface area contributed by atoms with Gasteiger partial charge in [0.15, 0.2) is 0 Å². The number of nitrogens with one attached hydrogen (secondary N) is 1. The molecule has 0 fully saturated rings. The van der Waals surface area contributed by atoms with Crippen LogP contribution in [0.5, 0.6) is 0 Å². The Morgan fingerprint density at radius 3 is 2.71 bits per heavy atom. The molecule has 0 saturated carbocycles. The third-order valence-corrected chi connectivity index (χ3v) is 3.46. The van der Waals surface area contributed by atoms with Crippen molar-refractivity contribution in [2.24, 2.45) is 0 Å². The summed E-state index contributed by atoms with van der Waals surface area (Å²) in [6.45, 7) is 2.32. The molecule has 0 atom stereocenters. The van der Waals surface area contributed by atoms with Gasteiger partial charge in [0.2, 0.25) is 11.8 Å². The average Bonchev–Trinajstić information content (AvgIpc) is 3.04. The summed E-state index contributed by atoms with van der Waals surface area (Å²) >= 11 is 0. The van der Waals surface area contributed by atoms with Crippen molar-refractivity contribution < 1.29 is 13.6 Å². The summed E-state index contributed by atoms with van der Waals surface area (Å²) in [7, 11) is 0. The molecule has 0 spiro atoms. The van der Waals surface area contributed by atoms with E-state index in [1.165, 1.54) is 12.1 Å². The third-order valence-electron chi connectivity index (χ3n) is 3.46. The number of halogens is 1. The molecule has 0 aliphatic rings. The number of nitrogens with zero attached hydrogens (tertiary/aromatic N) is 2. The SMILES string of the molecule is Cc1cccc(C(=O)NCCc2nnc(-c3ccc(F)cc3)o2)c1. The second-order valence-electron chi connectivity index (χ2n) is 5.38. The lowest BCUT2D eigenvalue weighted by Gasteiger charge is -2.04. The van der Waals surface area contributed by atoms with Gasteiger partial charge in [-0.1, -0.05) is 17.7 Å². The fraction of sp³-hybridized carbons (Fsp3) is 0.167. The molecule has 0 unspecified atom stereocenters. The van der Waals surface area contributed by atoms with E-state index in [2.05, 4.69) is 15.5 Å². The fourth-order valence-electron chi connectivity index (χ4n) is 2.24. The van der Waals surface area contributed by atoms with Crippen LogP contribution < -0.4 is 5.32 Å². The molecule has 0 aliphatic carbocycles. The maximum Gasteiger partial charge on any atom is 0.251 e. The van der Waals surface area contributed by atoms with Gasteiger partial charge < -0.3 is 9.73 Å². The number of carbonyl (C=O) groups is 1. The Morgan fingerprint density at radius 2 is 1.96 bits per heavy atom. The Labute approximate surface area is 138 Å². The number of aryl methyl sites for hydroxylation is 1. The molecule has 6 heteroatoms. The van der Waals surface area contributed by atoms with Crippen molar-refractivity contribution in [3.05, 3.63) is 71.4 Å². The molecule has 0 radical (unpaired) electrons. The van der Waals surface area contributed by atoms with Gasteiger partial charge in [-0.3, -0.25) is 4.79 Å². The summed E-state index contributed by atoms with van der Waals surface area (Å²) < 4.78 is 18.4. The number of aromatic nitrogens is 2. The van der Waals surface area contributed by atoms with Crippen molar-refractivity contribution in [3.8, 4) is 11.5 Å². The zero-order chi connectivity index (χ0) is 16.9. The first kappa shape index (κ1) is 15.9. The van der Waals surface area contributed by atoms with Crippen LogP contribution in [0.25, 0.3) is 11.5 Å². The number of hydrogen-bond acceptors (Lipinski definition) is 4. The normalized spacial score (nSPS) is 10.6. The van der Waals surface area contributed by atoms with Gasteiger partial charge in [-0.2, -0.15) is 0 Å². The summed E-state index contributed by atoms with van der Waals surface area (Å²) in [4.78, 5) is 12.0. The molecule has 2 aromatic carbocycles. The van der Waals surface area contributed by atoms with Crippen LogP contribution in [0.2, 0.25) is 0 Å². The van der Waals surface area contributed by atoms with Gasteiger partial charge in [-0.15, -0.1) is 10.2 Å². The molecule has 122 valence electrons.